The fraction of sp³-hybridized carbons (Fsp3) is 0.294. The molecule has 1 aromatic heterocycles. The number of amides is 1. The second-order valence-electron chi connectivity index (χ2n) is 4.73. The monoisotopic (exact) mass is 300 g/mol. The van der Waals surface area contributed by atoms with E-state index >= 15 is 0 Å². The summed E-state index contributed by atoms with van der Waals surface area (Å²) in [6.45, 7) is 0.961. The first kappa shape index (κ1) is 15.8. The normalized spacial score (nSPS) is 10.0. The Morgan fingerprint density at radius 1 is 1.14 bits per heavy atom. The molecule has 0 radical (unpaired) electrons. The second-order valence-corrected chi connectivity index (χ2v) is 4.73. The lowest BCUT2D eigenvalue weighted by Crippen LogP contribution is -2.23. The van der Waals surface area contributed by atoms with Gasteiger partial charge in [0.05, 0.1) is 26.0 Å². The molecule has 2 aromatic rings. The zero-order valence-corrected chi connectivity index (χ0v) is 12.6. The molecule has 116 valence electrons. The van der Waals surface area contributed by atoms with Crippen LogP contribution in [0.15, 0.2) is 48.7 Å². The van der Waals surface area contributed by atoms with Gasteiger partial charge in [-0.2, -0.15) is 0 Å². The molecule has 0 aliphatic carbocycles. The number of ether oxygens (including phenoxy) is 2. The second kappa shape index (κ2) is 8.67. The first-order chi connectivity index (χ1) is 10.8. The Bertz CT molecular complexity index is 570. The highest BCUT2D eigenvalue weighted by Gasteiger charge is 2.02. The van der Waals surface area contributed by atoms with E-state index in [9.17, 15) is 4.79 Å². The molecule has 1 aromatic carbocycles. The van der Waals surface area contributed by atoms with E-state index in [4.69, 9.17) is 9.47 Å². The third-order valence-corrected chi connectivity index (χ3v) is 3.07. The van der Waals surface area contributed by atoms with Crippen LogP contribution < -0.4 is 14.8 Å². The largest absolute Gasteiger partial charge is 0.497 e. The van der Waals surface area contributed by atoms with Gasteiger partial charge in [-0.15, -0.1) is 0 Å². The third-order valence-electron chi connectivity index (χ3n) is 3.07. The number of methoxy groups -OCH3 is 1. The van der Waals surface area contributed by atoms with E-state index in [1.54, 1.807) is 13.3 Å². The number of nitrogens with one attached hydrogen (secondary N) is 1. The van der Waals surface area contributed by atoms with Crippen molar-refractivity contribution in [2.45, 2.75) is 19.4 Å². The molecular formula is C17H20N2O3. The van der Waals surface area contributed by atoms with E-state index in [-0.39, 0.29) is 5.91 Å². The summed E-state index contributed by atoms with van der Waals surface area (Å²) in [5, 5.41) is 2.84. The highest BCUT2D eigenvalue weighted by atomic mass is 16.5. The maximum absolute atomic E-state index is 11.7. The standard InChI is InChI=1S/C17H20N2O3/c1-21-15-7-9-16(10-8-15)22-12-4-6-17(20)19-13-14-5-2-3-11-18-14/h2-3,5,7-11H,4,6,12-13H2,1H3,(H,19,20). The van der Waals surface area contributed by atoms with E-state index in [0.29, 0.717) is 26.0 Å². The molecule has 0 spiro atoms. The zero-order chi connectivity index (χ0) is 15.6. The Labute approximate surface area is 130 Å². The first-order valence-electron chi connectivity index (χ1n) is 7.21. The van der Waals surface area contributed by atoms with Gasteiger partial charge in [-0.05, 0) is 42.8 Å². The van der Waals surface area contributed by atoms with Crippen molar-refractivity contribution in [1.29, 1.82) is 0 Å². The van der Waals surface area contributed by atoms with Gasteiger partial charge in [0.15, 0.2) is 0 Å². The summed E-state index contributed by atoms with van der Waals surface area (Å²) in [4.78, 5) is 15.9. The van der Waals surface area contributed by atoms with Crippen molar-refractivity contribution in [1.82, 2.24) is 10.3 Å². The van der Waals surface area contributed by atoms with Gasteiger partial charge in [0.25, 0.3) is 0 Å². The van der Waals surface area contributed by atoms with Gasteiger partial charge in [-0.1, -0.05) is 6.07 Å². The number of hydrogen-bond acceptors (Lipinski definition) is 4. The topological polar surface area (TPSA) is 60.5 Å². The van der Waals surface area contributed by atoms with Crippen molar-refractivity contribution in [3.8, 4) is 11.5 Å². The lowest BCUT2D eigenvalue weighted by molar-refractivity contribution is -0.121. The molecule has 0 aliphatic rings. The van der Waals surface area contributed by atoms with E-state index in [1.165, 1.54) is 0 Å². The summed E-state index contributed by atoms with van der Waals surface area (Å²) < 4.78 is 10.6. The first-order valence-corrected chi connectivity index (χ1v) is 7.21. The average molecular weight is 300 g/mol. The highest BCUT2D eigenvalue weighted by molar-refractivity contribution is 5.75. The summed E-state index contributed by atoms with van der Waals surface area (Å²) in [5.74, 6) is 1.57. The summed E-state index contributed by atoms with van der Waals surface area (Å²) in [6.07, 6.45) is 2.81. The molecule has 0 atom stereocenters. The van der Waals surface area contributed by atoms with Crippen molar-refractivity contribution in [2.24, 2.45) is 0 Å². The number of nitrogens with zero attached hydrogens (tertiary/aromatic N) is 1. The van der Waals surface area contributed by atoms with Crippen LogP contribution in [-0.4, -0.2) is 24.6 Å². The van der Waals surface area contributed by atoms with Crippen molar-refractivity contribution in [3.63, 3.8) is 0 Å². The smallest absolute Gasteiger partial charge is 0.220 e. The minimum Gasteiger partial charge on any atom is -0.497 e. The van der Waals surface area contributed by atoms with Crippen molar-refractivity contribution in [2.75, 3.05) is 13.7 Å². The average Bonchev–Trinajstić information content (AvgIpc) is 2.58. The fourth-order valence-corrected chi connectivity index (χ4v) is 1.87. The molecule has 5 heteroatoms. The van der Waals surface area contributed by atoms with Crippen LogP contribution in [0.4, 0.5) is 0 Å². The van der Waals surface area contributed by atoms with Gasteiger partial charge < -0.3 is 14.8 Å². The van der Waals surface area contributed by atoms with Gasteiger partial charge in [0.1, 0.15) is 11.5 Å². The Kier molecular flexibility index (Phi) is 6.23. The molecule has 22 heavy (non-hydrogen) atoms. The highest BCUT2D eigenvalue weighted by Crippen LogP contribution is 2.17. The summed E-state index contributed by atoms with van der Waals surface area (Å²) in [6, 6.07) is 13.0. The maximum Gasteiger partial charge on any atom is 0.220 e. The van der Waals surface area contributed by atoms with E-state index in [2.05, 4.69) is 10.3 Å². The predicted molar refractivity (Wildman–Crippen MR) is 83.8 cm³/mol. The third kappa shape index (κ3) is 5.44. The number of hydrogen-bond donors (Lipinski definition) is 1. The fourth-order valence-electron chi connectivity index (χ4n) is 1.87. The number of aromatic nitrogens is 1. The van der Waals surface area contributed by atoms with Gasteiger partial charge >= 0.3 is 0 Å². The molecule has 0 saturated heterocycles. The summed E-state index contributed by atoms with van der Waals surface area (Å²) >= 11 is 0. The van der Waals surface area contributed by atoms with Crippen LogP contribution >= 0.6 is 0 Å². The van der Waals surface area contributed by atoms with Gasteiger partial charge in [0, 0.05) is 12.6 Å². The number of carbonyl (C=O) groups excluding carboxylic acids is 1. The minimum absolute atomic E-state index is 0.00369. The zero-order valence-electron chi connectivity index (χ0n) is 12.6. The number of carbonyl (C=O) groups is 1. The molecule has 0 fully saturated rings. The molecule has 1 heterocycles. The van der Waals surface area contributed by atoms with Crippen molar-refractivity contribution >= 4 is 5.91 Å². The van der Waals surface area contributed by atoms with Crippen LogP contribution in [0.2, 0.25) is 0 Å². The van der Waals surface area contributed by atoms with E-state index in [0.717, 1.165) is 17.2 Å². The van der Waals surface area contributed by atoms with Crippen LogP contribution in [0.25, 0.3) is 0 Å². The van der Waals surface area contributed by atoms with Crippen molar-refractivity contribution < 1.29 is 14.3 Å². The maximum atomic E-state index is 11.7. The Morgan fingerprint density at radius 2 is 1.91 bits per heavy atom. The molecular weight excluding hydrogens is 280 g/mol. The number of benzene rings is 1. The van der Waals surface area contributed by atoms with Crippen LogP contribution in [0, 0.1) is 0 Å². The van der Waals surface area contributed by atoms with Gasteiger partial charge in [-0.25, -0.2) is 0 Å². The number of rotatable bonds is 8. The van der Waals surface area contributed by atoms with Crippen LogP contribution in [0.1, 0.15) is 18.5 Å². The summed E-state index contributed by atoms with van der Waals surface area (Å²) in [5.41, 5.74) is 0.852. The van der Waals surface area contributed by atoms with Gasteiger partial charge in [0.2, 0.25) is 5.91 Å². The quantitative estimate of drug-likeness (QED) is 0.761. The lowest BCUT2D eigenvalue weighted by Gasteiger charge is -2.07. The van der Waals surface area contributed by atoms with Crippen molar-refractivity contribution in [3.05, 3.63) is 54.4 Å². The Balaban J connectivity index is 1.60. The summed E-state index contributed by atoms with van der Waals surface area (Å²) in [7, 11) is 1.62. The molecule has 1 amide bonds. The van der Waals surface area contributed by atoms with Crippen LogP contribution in [0.3, 0.4) is 0 Å². The van der Waals surface area contributed by atoms with Crippen LogP contribution in [-0.2, 0) is 11.3 Å². The molecule has 0 saturated carbocycles. The number of pyridine rings is 1. The SMILES string of the molecule is COc1ccc(OCCCC(=O)NCc2ccccn2)cc1. The molecule has 0 unspecified atom stereocenters. The molecule has 1 N–H and O–H groups in total. The molecule has 2 rings (SSSR count). The molecule has 0 bridgehead atoms. The Hall–Kier alpha value is -2.56. The Morgan fingerprint density at radius 3 is 2.59 bits per heavy atom. The molecule has 5 nitrogen and oxygen atoms in total. The molecule has 0 aliphatic heterocycles. The van der Waals surface area contributed by atoms with Crippen LogP contribution in [0.5, 0.6) is 11.5 Å². The van der Waals surface area contributed by atoms with E-state index in [1.807, 2.05) is 42.5 Å². The predicted octanol–water partition coefficient (Wildman–Crippen LogP) is 2.57. The van der Waals surface area contributed by atoms with E-state index < -0.39 is 0 Å². The minimum atomic E-state index is 0.00369. The lowest BCUT2D eigenvalue weighted by atomic mass is 10.3. The van der Waals surface area contributed by atoms with Gasteiger partial charge in [-0.3, -0.25) is 9.78 Å².